The molecule has 9 heteroatoms. The van der Waals surface area contributed by atoms with E-state index in [0.717, 1.165) is 16.7 Å². The summed E-state index contributed by atoms with van der Waals surface area (Å²) in [5.41, 5.74) is 3.15. The van der Waals surface area contributed by atoms with E-state index in [4.69, 9.17) is 4.74 Å². The highest BCUT2D eigenvalue weighted by atomic mass is 32.2. The van der Waals surface area contributed by atoms with Crippen LogP contribution in [0, 0.1) is 6.92 Å². The summed E-state index contributed by atoms with van der Waals surface area (Å²) in [7, 11) is -2.72. The van der Waals surface area contributed by atoms with Crippen molar-refractivity contribution < 1.29 is 22.7 Å². The Hall–Kier alpha value is -3.53. The van der Waals surface area contributed by atoms with Crippen LogP contribution in [-0.2, 0) is 26.8 Å². The van der Waals surface area contributed by atoms with Gasteiger partial charge in [0.15, 0.2) is 5.69 Å². The fourth-order valence-electron chi connectivity index (χ4n) is 6.66. The van der Waals surface area contributed by atoms with Crippen LogP contribution in [0.1, 0.15) is 53.7 Å². The predicted molar refractivity (Wildman–Crippen MR) is 155 cm³/mol. The first-order valence-electron chi connectivity index (χ1n) is 13.6. The zero-order valence-corrected chi connectivity index (χ0v) is 24.2. The van der Waals surface area contributed by atoms with E-state index in [1.165, 1.54) is 26.2 Å². The molecule has 0 radical (unpaired) electrons. The number of amides is 2. The van der Waals surface area contributed by atoms with Crippen LogP contribution in [0.25, 0.3) is 0 Å². The maximum absolute atomic E-state index is 14.5. The lowest BCUT2D eigenvalue weighted by atomic mass is 9.70. The molecular weight excluding hydrogens is 526 g/mol. The van der Waals surface area contributed by atoms with Crippen LogP contribution < -0.4 is 19.3 Å². The molecule has 8 nitrogen and oxygen atoms in total. The summed E-state index contributed by atoms with van der Waals surface area (Å²) in [5, 5.41) is 6.38. The predicted octanol–water partition coefficient (Wildman–Crippen LogP) is 4.20. The average molecular weight is 563 g/mol. The Morgan fingerprint density at radius 3 is 2.35 bits per heavy atom. The van der Waals surface area contributed by atoms with Crippen molar-refractivity contribution >= 4 is 27.5 Å². The summed E-state index contributed by atoms with van der Waals surface area (Å²) in [4.78, 5) is 27.1. The number of nitrogens with zero attached hydrogens (tertiary/aromatic N) is 1. The number of nitrogens with one attached hydrogen (secondary N) is 2. The third kappa shape index (κ3) is 4.15. The van der Waals surface area contributed by atoms with E-state index in [9.17, 15) is 18.0 Å². The number of quaternary nitrogens is 1. The molecule has 1 fully saturated rings. The molecule has 1 spiro atoms. The summed E-state index contributed by atoms with van der Waals surface area (Å²) < 4.78 is 33.5. The smallest absolute Gasteiger partial charge is 0.339 e. The zero-order chi connectivity index (χ0) is 28.7. The molecular formula is C31H36N3O5S+. The molecule has 2 aliphatic heterocycles. The number of benzene rings is 3. The molecule has 3 aromatic rings. The maximum atomic E-state index is 14.5. The van der Waals surface area contributed by atoms with E-state index in [1.807, 2.05) is 44.2 Å². The number of hydrogen-bond donors (Lipinski definition) is 2. The van der Waals surface area contributed by atoms with Crippen LogP contribution in [0.2, 0.25) is 0 Å². The minimum atomic E-state index is -4.24. The number of piperidine rings is 1. The van der Waals surface area contributed by atoms with E-state index >= 15 is 0 Å². The number of carbonyl (C=O) groups excluding carboxylic acids is 2. The van der Waals surface area contributed by atoms with Crippen molar-refractivity contribution in [3.63, 3.8) is 0 Å². The van der Waals surface area contributed by atoms with Crippen LogP contribution in [0.5, 0.6) is 5.75 Å². The fourth-order valence-corrected chi connectivity index (χ4v) is 8.84. The van der Waals surface area contributed by atoms with Gasteiger partial charge in [-0.2, -0.15) is 8.42 Å². The van der Waals surface area contributed by atoms with Gasteiger partial charge in [-0.15, -0.1) is 3.89 Å². The minimum Gasteiger partial charge on any atom is -0.497 e. The number of sulfonamides is 1. The minimum absolute atomic E-state index is 0.0485. The highest BCUT2D eigenvalue weighted by Crippen LogP contribution is 2.57. The Bertz CT molecular complexity index is 1560. The van der Waals surface area contributed by atoms with E-state index in [2.05, 4.69) is 10.6 Å². The molecule has 2 unspecified atom stereocenters. The van der Waals surface area contributed by atoms with Gasteiger partial charge in [0.05, 0.1) is 19.4 Å². The largest absolute Gasteiger partial charge is 0.497 e. The monoisotopic (exact) mass is 562 g/mol. The van der Waals surface area contributed by atoms with Crippen LogP contribution in [0.4, 0.5) is 5.69 Å². The van der Waals surface area contributed by atoms with Crippen molar-refractivity contribution in [3.8, 4) is 5.75 Å². The molecule has 2 heterocycles. The van der Waals surface area contributed by atoms with Gasteiger partial charge in [0.1, 0.15) is 16.7 Å². The van der Waals surface area contributed by atoms with E-state index in [0.29, 0.717) is 49.5 Å². The quantitative estimate of drug-likeness (QED) is 0.437. The third-order valence-electron chi connectivity index (χ3n) is 8.90. The summed E-state index contributed by atoms with van der Waals surface area (Å²) in [6.07, 6.45) is 1.31. The van der Waals surface area contributed by atoms with Crippen LogP contribution in [-0.4, -0.2) is 46.5 Å². The van der Waals surface area contributed by atoms with Gasteiger partial charge in [0.25, 0.3) is 5.91 Å². The number of aryl methyl sites for hydroxylation is 1. The lowest BCUT2D eigenvalue weighted by Gasteiger charge is -2.41. The first-order chi connectivity index (χ1) is 19.1. The Labute approximate surface area is 236 Å². The highest BCUT2D eigenvalue weighted by Gasteiger charge is 2.68. The number of ether oxygens (including phenoxy) is 1. The zero-order valence-electron chi connectivity index (χ0n) is 23.4. The number of fused-ring (bicyclic) bond motifs is 2. The average Bonchev–Trinajstić information content (AvgIpc) is 3.17. The van der Waals surface area contributed by atoms with Gasteiger partial charge in [-0.05, 0) is 87.3 Å². The van der Waals surface area contributed by atoms with Crippen molar-refractivity contribution in [1.82, 2.24) is 14.5 Å². The van der Waals surface area contributed by atoms with Gasteiger partial charge in [-0.1, -0.05) is 24.3 Å². The molecule has 2 aliphatic rings. The molecule has 1 saturated heterocycles. The van der Waals surface area contributed by atoms with Crippen molar-refractivity contribution in [2.45, 2.75) is 56.5 Å². The molecule has 0 bridgehead atoms. The van der Waals surface area contributed by atoms with Crippen LogP contribution in [0.15, 0.2) is 71.6 Å². The molecule has 2 atom stereocenters. The normalized spacial score (nSPS) is 21.6. The number of rotatable bonds is 6. The van der Waals surface area contributed by atoms with E-state index < -0.39 is 31.3 Å². The van der Waals surface area contributed by atoms with Crippen molar-refractivity contribution in [2.75, 3.05) is 20.2 Å². The summed E-state index contributed by atoms with van der Waals surface area (Å²) in [5.74, 6) is -0.190. The van der Waals surface area contributed by atoms with Gasteiger partial charge < -0.3 is 15.4 Å². The van der Waals surface area contributed by atoms with E-state index in [1.54, 1.807) is 24.3 Å². The Balaban J connectivity index is 1.63. The standard InChI is InChI=1S/C31H35N3O5S/c1-21-7-5-6-8-25(21)20-33-30(36)24-9-14-29-28(19-24)31(15-17-32-18-16-31)22(2)34(29,23(3)35)40(37,38)27-12-10-26(39-4)11-13-27/h5-14,19,22,32H,15-18,20H2,1-4H3/p+1. The summed E-state index contributed by atoms with van der Waals surface area (Å²) >= 11 is 0. The van der Waals surface area contributed by atoms with Crippen molar-refractivity contribution in [3.05, 3.63) is 89.0 Å². The van der Waals surface area contributed by atoms with E-state index in [-0.39, 0.29) is 10.8 Å². The molecule has 3 aromatic carbocycles. The van der Waals surface area contributed by atoms with Gasteiger partial charge in [-0.3, -0.25) is 4.79 Å². The molecule has 2 N–H and O–H groups in total. The first-order valence-corrected chi connectivity index (χ1v) is 15.0. The fraction of sp³-hybridized carbons (Fsp3) is 0.355. The lowest BCUT2D eigenvalue weighted by Crippen LogP contribution is -2.65. The Kier molecular flexibility index (Phi) is 7.33. The molecule has 0 saturated carbocycles. The molecule has 0 aliphatic carbocycles. The maximum Gasteiger partial charge on any atom is 0.339 e. The highest BCUT2D eigenvalue weighted by molar-refractivity contribution is 7.91. The number of hydrogen-bond acceptors (Lipinski definition) is 6. The number of methoxy groups -OCH3 is 1. The topological polar surface area (TPSA) is 102 Å². The van der Waals surface area contributed by atoms with Gasteiger partial charge >= 0.3 is 15.9 Å². The Morgan fingerprint density at radius 1 is 1.05 bits per heavy atom. The van der Waals surface area contributed by atoms with Crippen molar-refractivity contribution in [2.24, 2.45) is 0 Å². The van der Waals surface area contributed by atoms with Crippen LogP contribution in [0.3, 0.4) is 0 Å². The second kappa shape index (κ2) is 10.5. The second-order valence-corrected chi connectivity index (χ2v) is 12.7. The summed E-state index contributed by atoms with van der Waals surface area (Å²) in [6, 6.07) is 18.6. The molecule has 0 aromatic heterocycles. The van der Waals surface area contributed by atoms with Gasteiger partial charge in [0, 0.05) is 23.7 Å². The second-order valence-electron chi connectivity index (χ2n) is 10.8. The molecule has 210 valence electrons. The van der Waals surface area contributed by atoms with Gasteiger partial charge in [-0.25, -0.2) is 4.79 Å². The first kappa shape index (κ1) is 28.0. The number of carbonyl (C=O) groups is 2. The van der Waals surface area contributed by atoms with Gasteiger partial charge in [0.2, 0.25) is 0 Å². The lowest BCUT2D eigenvalue weighted by molar-refractivity contribution is -0.125. The third-order valence-corrected chi connectivity index (χ3v) is 11.3. The van der Waals surface area contributed by atoms with Crippen LogP contribution >= 0.6 is 0 Å². The Morgan fingerprint density at radius 2 is 1.73 bits per heavy atom. The molecule has 5 rings (SSSR count). The van der Waals surface area contributed by atoms with Crippen molar-refractivity contribution in [1.29, 1.82) is 0 Å². The molecule has 40 heavy (non-hydrogen) atoms. The SMILES string of the molecule is COc1ccc(S(=O)(=O)[N+]2(C(C)=O)c3ccc(C(=O)NCc4ccccc4C)cc3C3(CCNCC3)C2C)cc1. The molecule has 2 amide bonds. The summed E-state index contributed by atoms with van der Waals surface area (Å²) in [6.45, 7) is 6.98.